The zero-order valence-corrected chi connectivity index (χ0v) is 12.3. The van der Waals surface area contributed by atoms with E-state index in [1.807, 2.05) is 0 Å². The van der Waals surface area contributed by atoms with E-state index in [4.69, 9.17) is 4.74 Å². The maximum absolute atomic E-state index is 9.79. The lowest BCUT2D eigenvalue weighted by atomic mass is 10.3. The molecule has 1 unspecified atom stereocenters. The van der Waals surface area contributed by atoms with Gasteiger partial charge in [0, 0.05) is 40.1 Å². The van der Waals surface area contributed by atoms with Gasteiger partial charge in [0.2, 0.25) is 11.9 Å². The normalized spacial score (nSPS) is 12.2. The summed E-state index contributed by atoms with van der Waals surface area (Å²) in [5.41, 5.74) is 0. The lowest BCUT2D eigenvalue weighted by molar-refractivity contribution is 0.0693. The van der Waals surface area contributed by atoms with Gasteiger partial charge in [-0.15, -0.1) is 0 Å². The lowest BCUT2D eigenvalue weighted by Crippen LogP contribution is -2.33. The third-order valence-corrected chi connectivity index (χ3v) is 2.73. The number of rotatable bonds is 7. The van der Waals surface area contributed by atoms with Crippen LogP contribution in [0.1, 0.15) is 0 Å². The fourth-order valence-electron chi connectivity index (χ4n) is 1.77. The Morgan fingerprint density at radius 1 is 1.43 bits per heavy atom. The van der Waals surface area contributed by atoms with E-state index in [1.54, 1.807) is 49.2 Å². The minimum absolute atomic E-state index is 0.250. The maximum Gasteiger partial charge on any atom is 0.257 e. The monoisotopic (exact) mass is 293 g/mol. The van der Waals surface area contributed by atoms with E-state index in [9.17, 15) is 5.11 Å². The number of methoxy groups -OCH3 is 1. The molecule has 0 fully saturated rings. The molecule has 0 aliphatic heterocycles. The summed E-state index contributed by atoms with van der Waals surface area (Å²) in [5.74, 6) is 1.27. The molecule has 21 heavy (non-hydrogen) atoms. The van der Waals surface area contributed by atoms with Crippen LogP contribution in [0.4, 0.5) is 11.9 Å². The predicted molar refractivity (Wildman–Crippen MR) is 77.6 cm³/mol. The molecule has 0 aromatic carbocycles. The summed E-state index contributed by atoms with van der Waals surface area (Å²) in [6.07, 6.45) is 2.77. The second-order valence-corrected chi connectivity index (χ2v) is 4.45. The summed E-state index contributed by atoms with van der Waals surface area (Å²) < 4.78 is 6.46. The molecule has 2 heterocycles. The molecule has 9 nitrogen and oxygen atoms in total. The topological polar surface area (TPSA) is 101 Å². The Balaban J connectivity index is 2.24. The van der Waals surface area contributed by atoms with Crippen molar-refractivity contribution in [2.45, 2.75) is 6.10 Å². The van der Waals surface area contributed by atoms with E-state index in [1.165, 1.54) is 0 Å². The molecule has 0 radical (unpaired) electrons. The van der Waals surface area contributed by atoms with Crippen molar-refractivity contribution in [3.63, 3.8) is 0 Å². The van der Waals surface area contributed by atoms with Crippen LogP contribution >= 0.6 is 0 Å². The van der Waals surface area contributed by atoms with Gasteiger partial charge in [0.15, 0.2) is 0 Å². The first-order valence-electron chi connectivity index (χ1n) is 6.46. The summed E-state index contributed by atoms with van der Waals surface area (Å²) in [6.45, 7) is 0.597. The van der Waals surface area contributed by atoms with Gasteiger partial charge >= 0.3 is 0 Å². The molecule has 0 aliphatic rings. The highest BCUT2D eigenvalue weighted by molar-refractivity contribution is 5.39. The zero-order valence-electron chi connectivity index (χ0n) is 12.3. The number of nitrogens with one attached hydrogen (secondary N) is 1. The van der Waals surface area contributed by atoms with Crippen LogP contribution in [0.25, 0.3) is 5.95 Å². The van der Waals surface area contributed by atoms with Gasteiger partial charge in [-0.2, -0.15) is 20.1 Å². The smallest absolute Gasteiger partial charge is 0.257 e. The maximum atomic E-state index is 9.79. The number of hydrogen-bond donors (Lipinski definition) is 2. The van der Waals surface area contributed by atoms with Gasteiger partial charge in [-0.1, -0.05) is 0 Å². The molecule has 2 N–H and O–H groups in total. The van der Waals surface area contributed by atoms with Crippen LogP contribution in [-0.2, 0) is 4.74 Å². The Kier molecular flexibility index (Phi) is 5.01. The van der Waals surface area contributed by atoms with Crippen molar-refractivity contribution in [1.29, 1.82) is 0 Å². The fraction of sp³-hybridized carbons (Fsp3) is 0.500. The number of aliphatic hydroxyl groups excluding tert-OH is 1. The molecule has 1 atom stereocenters. The van der Waals surface area contributed by atoms with Crippen LogP contribution < -0.4 is 10.2 Å². The molecular formula is C12H19N7O2. The van der Waals surface area contributed by atoms with Gasteiger partial charge in [-0.3, -0.25) is 0 Å². The minimum atomic E-state index is -0.622. The highest BCUT2D eigenvalue weighted by Gasteiger charge is 2.14. The van der Waals surface area contributed by atoms with E-state index in [0.29, 0.717) is 24.4 Å². The lowest BCUT2D eigenvalue weighted by Gasteiger charge is -2.21. The molecular weight excluding hydrogens is 274 g/mol. The number of anilines is 2. The van der Waals surface area contributed by atoms with Crippen molar-refractivity contribution in [2.75, 3.05) is 44.6 Å². The molecule has 2 aromatic rings. The first-order valence-corrected chi connectivity index (χ1v) is 6.46. The van der Waals surface area contributed by atoms with Crippen molar-refractivity contribution < 1.29 is 9.84 Å². The van der Waals surface area contributed by atoms with Crippen LogP contribution in [0.3, 0.4) is 0 Å². The van der Waals surface area contributed by atoms with Gasteiger partial charge in [-0.25, -0.2) is 4.68 Å². The van der Waals surface area contributed by atoms with Crippen molar-refractivity contribution in [3.05, 3.63) is 18.5 Å². The Bertz CT molecular complexity index is 561. The average molecular weight is 293 g/mol. The first-order chi connectivity index (χ1) is 10.1. The van der Waals surface area contributed by atoms with Crippen molar-refractivity contribution in [1.82, 2.24) is 24.7 Å². The Hall–Kier alpha value is -2.26. The molecule has 0 amide bonds. The molecule has 0 saturated heterocycles. The van der Waals surface area contributed by atoms with Crippen molar-refractivity contribution >= 4 is 11.9 Å². The summed E-state index contributed by atoms with van der Waals surface area (Å²) in [5, 5.41) is 16.8. The van der Waals surface area contributed by atoms with E-state index < -0.39 is 6.10 Å². The highest BCUT2D eigenvalue weighted by Crippen LogP contribution is 2.12. The van der Waals surface area contributed by atoms with Gasteiger partial charge in [0.25, 0.3) is 5.95 Å². The first kappa shape index (κ1) is 15.1. The van der Waals surface area contributed by atoms with Crippen LogP contribution in [0, 0.1) is 0 Å². The molecule has 0 bridgehead atoms. The van der Waals surface area contributed by atoms with E-state index >= 15 is 0 Å². The summed E-state index contributed by atoms with van der Waals surface area (Å²) in [7, 11) is 5.06. The van der Waals surface area contributed by atoms with E-state index in [2.05, 4.69) is 25.4 Å². The summed E-state index contributed by atoms with van der Waals surface area (Å²) in [6, 6.07) is 1.79. The summed E-state index contributed by atoms with van der Waals surface area (Å²) >= 11 is 0. The molecule has 0 aliphatic carbocycles. The number of aliphatic hydroxyl groups is 1. The zero-order chi connectivity index (χ0) is 15.2. The Morgan fingerprint density at radius 2 is 2.24 bits per heavy atom. The summed E-state index contributed by atoms with van der Waals surface area (Å²) in [4.78, 5) is 14.6. The van der Waals surface area contributed by atoms with E-state index in [-0.39, 0.29) is 6.61 Å². The number of likely N-dealkylation sites (N-methyl/N-ethyl adjacent to an activating group) is 1. The van der Waals surface area contributed by atoms with Gasteiger partial charge in [0.05, 0.1) is 12.7 Å². The number of ether oxygens (including phenoxy) is 1. The minimum Gasteiger partial charge on any atom is -0.389 e. The molecule has 2 aromatic heterocycles. The highest BCUT2D eigenvalue weighted by atomic mass is 16.5. The van der Waals surface area contributed by atoms with Crippen LogP contribution in [0.15, 0.2) is 18.5 Å². The third-order valence-electron chi connectivity index (χ3n) is 2.73. The third kappa shape index (κ3) is 3.86. The molecule has 0 spiro atoms. The Morgan fingerprint density at radius 3 is 2.86 bits per heavy atom. The van der Waals surface area contributed by atoms with Gasteiger partial charge in [-0.05, 0) is 6.07 Å². The largest absolute Gasteiger partial charge is 0.389 e. The standard InChI is InChI=1S/C12H19N7O2/c1-13-10-15-11(18(2)7-9(20)8-21-3)17-12(16-10)19-6-4-5-14-19/h4-6,9,20H,7-8H2,1-3H3,(H,13,15,16,17). The van der Waals surface area contributed by atoms with Gasteiger partial charge in [0.1, 0.15) is 0 Å². The van der Waals surface area contributed by atoms with Gasteiger partial charge < -0.3 is 20.1 Å². The van der Waals surface area contributed by atoms with E-state index in [0.717, 1.165) is 0 Å². The quantitative estimate of drug-likeness (QED) is 0.707. The second-order valence-electron chi connectivity index (χ2n) is 4.45. The number of nitrogens with zero attached hydrogens (tertiary/aromatic N) is 6. The molecule has 0 saturated carbocycles. The molecule has 2 rings (SSSR count). The van der Waals surface area contributed by atoms with Crippen LogP contribution in [-0.4, -0.2) is 70.3 Å². The second kappa shape index (κ2) is 6.95. The van der Waals surface area contributed by atoms with Crippen molar-refractivity contribution in [3.8, 4) is 5.95 Å². The Labute approximate surface area is 122 Å². The van der Waals surface area contributed by atoms with Crippen molar-refractivity contribution in [2.24, 2.45) is 0 Å². The SMILES string of the molecule is CNc1nc(N(C)CC(O)COC)nc(-n2cccn2)n1. The van der Waals surface area contributed by atoms with Crippen LogP contribution in [0.5, 0.6) is 0 Å². The number of aromatic nitrogens is 5. The van der Waals surface area contributed by atoms with Crippen LogP contribution in [0.2, 0.25) is 0 Å². The predicted octanol–water partition coefficient (Wildman–Crippen LogP) is -0.457. The molecule has 9 heteroatoms. The average Bonchev–Trinajstić information content (AvgIpc) is 3.01. The number of hydrogen-bond acceptors (Lipinski definition) is 8. The fourth-order valence-corrected chi connectivity index (χ4v) is 1.77. The molecule has 114 valence electrons.